The van der Waals surface area contributed by atoms with E-state index in [1.165, 1.54) is 16.4 Å². The van der Waals surface area contributed by atoms with Crippen LogP contribution >= 0.6 is 23.1 Å². The van der Waals surface area contributed by atoms with E-state index in [4.69, 9.17) is 4.74 Å². The molecule has 1 aromatic carbocycles. The van der Waals surface area contributed by atoms with Gasteiger partial charge in [0.05, 0.1) is 24.6 Å². The number of nitrogens with zero attached hydrogens (tertiary/aromatic N) is 6. The van der Waals surface area contributed by atoms with Gasteiger partial charge in [0.2, 0.25) is 11.1 Å². The molecule has 1 amide bonds. The highest BCUT2D eigenvalue weighted by Crippen LogP contribution is 2.29. The van der Waals surface area contributed by atoms with Crippen molar-refractivity contribution in [2.45, 2.75) is 25.5 Å². The Morgan fingerprint density at radius 2 is 2.03 bits per heavy atom. The van der Waals surface area contributed by atoms with Gasteiger partial charge in [-0.2, -0.15) is 0 Å². The zero-order valence-electron chi connectivity index (χ0n) is 16.2. The minimum atomic E-state index is -0.430. The van der Waals surface area contributed by atoms with Crippen LogP contribution in [0.25, 0.3) is 0 Å². The molecule has 0 saturated carbocycles. The predicted molar refractivity (Wildman–Crippen MR) is 110 cm³/mol. The average Bonchev–Trinajstić information content (AvgIpc) is 3.30. The lowest BCUT2D eigenvalue weighted by Gasteiger charge is -2.19. The van der Waals surface area contributed by atoms with E-state index in [2.05, 4.69) is 20.5 Å². The second-order valence-corrected chi connectivity index (χ2v) is 7.89. The Balaban J connectivity index is 1.84. The number of esters is 1. The fraction of sp³-hybridized carbons (Fsp3) is 0.333. The van der Waals surface area contributed by atoms with Crippen molar-refractivity contribution >= 4 is 40.1 Å². The first-order valence-electron chi connectivity index (χ1n) is 8.83. The number of aromatic nitrogens is 5. The molecule has 2 heterocycles. The predicted octanol–water partition coefficient (Wildman–Crippen LogP) is 2.48. The minimum absolute atomic E-state index is 0.133. The van der Waals surface area contributed by atoms with E-state index in [9.17, 15) is 9.59 Å². The molecule has 152 valence electrons. The molecule has 2 aromatic heterocycles. The number of aryl methyl sites for hydroxylation is 2. The van der Waals surface area contributed by atoms with Crippen molar-refractivity contribution in [3.63, 3.8) is 0 Å². The number of benzene rings is 1. The smallest absolute Gasteiger partial charge is 0.350 e. The van der Waals surface area contributed by atoms with Gasteiger partial charge in [-0.25, -0.2) is 14.5 Å². The van der Waals surface area contributed by atoms with Crippen LogP contribution in [0.2, 0.25) is 0 Å². The largest absolute Gasteiger partial charge is 0.462 e. The number of thioether (sulfide) groups is 1. The molecular formula is C18H20N6O3S2. The van der Waals surface area contributed by atoms with Gasteiger partial charge in [0.15, 0.2) is 5.13 Å². The molecule has 0 aliphatic heterocycles. The summed E-state index contributed by atoms with van der Waals surface area (Å²) in [4.78, 5) is 31.7. The SMILES string of the molecule is CCOC(=O)c1sc(N(Cc2ccccc2)C(=O)CSc2nnnn2C)nc1C. The maximum absolute atomic E-state index is 13.0. The van der Waals surface area contributed by atoms with Crippen molar-refractivity contribution in [2.75, 3.05) is 17.3 Å². The molecule has 0 unspecified atom stereocenters. The molecule has 0 fully saturated rings. The Bertz CT molecular complexity index is 989. The standard InChI is InChI=1S/C18H20N6O3S2/c1-4-27-16(26)15-12(2)19-17(29-15)24(10-13-8-6-5-7-9-13)14(25)11-28-18-20-21-22-23(18)3/h5-9H,4,10-11H2,1-3H3. The molecule has 9 nitrogen and oxygen atoms in total. The Morgan fingerprint density at radius 3 is 2.69 bits per heavy atom. The summed E-state index contributed by atoms with van der Waals surface area (Å²) in [5.74, 6) is -0.458. The van der Waals surface area contributed by atoms with E-state index in [-0.39, 0.29) is 18.3 Å². The number of carbonyl (C=O) groups excluding carboxylic acids is 2. The number of tetrazole rings is 1. The fourth-order valence-electron chi connectivity index (χ4n) is 2.46. The number of hydrogen-bond donors (Lipinski definition) is 0. The van der Waals surface area contributed by atoms with Crippen molar-refractivity contribution in [3.05, 3.63) is 46.5 Å². The summed E-state index contributed by atoms with van der Waals surface area (Å²) in [5, 5.41) is 12.2. The van der Waals surface area contributed by atoms with Gasteiger partial charge in [-0.3, -0.25) is 9.69 Å². The van der Waals surface area contributed by atoms with E-state index in [1.54, 1.807) is 25.8 Å². The maximum atomic E-state index is 13.0. The summed E-state index contributed by atoms with van der Waals surface area (Å²) in [6, 6.07) is 9.61. The van der Waals surface area contributed by atoms with Crippen molar-refractivity contribution in [3.8, 4) is 0 Å². The third-order valence-corrected chi connectivity index (χ3v) is 6.02. The minimum Gasteiger partial charge on any atom is -0.462 e. The van der Waals surface area contributed by atoms with Crippen LogP contribution in [-0.2, 0) is 23.1 Å². The quantitative estimate of drug-likeness (QED) is 0.395. The van der Waals surface area contributed by atoms with Crippen molar-refractivity contribution < 1.29 is 14.3 Å². The second kappa shape index (κ2) is 9.61. The van der Waals surface area contributed by atoms with E-state index in [0.29, 0.717) is 27.4 Å². The molecule has 3 aromatic rings. The molecule has 0 saturated heterocycles. The molecule has 11 heteroatoms. The van der Waals surface area contributed by atoms with Crippen LogP contribution in [0.4, 0.5) is 5.13 Å². The van der Waals surface area contributed by atoms with Crippen LogP contribution in [0.15, 0.2) is 35.5 Å². The summed E-state index contributed by atoms with van der Waals surface area (Å²) >= 11 is 2.40. The third-order valence-electron chi connectivity index (χ3n) is 3.87. The Labute approximate surface area is 176 Å². The third kappa shape index (κ3) is 5.18. The molecule has 29 heavy (non-hydrogen) atoms. The number of thiazole rings is 1. The number of carbonyl (C=O) groups is 2. The summed E-state index contributed by atoms with van der Waals surface area (Å²) in [5.41, 5.74) is 1.50. The van der Waals surface area contributed by atoms with Crippen molar-refractivity contribution in [1.82, 2.24) is 25.2 Å². The van der Waals surface area contributed by atoms with Gasteiger partial charge < -0.3 is 4.74 Å². The van der Waals surface area contributed by atoms with E-state index < -0.39 is 5.97 Å². The lowest BCUT2D eigenvalue weighted by Crippen LogP contribution is -2.32. The highest BCUT2D eigenvalue weighted by molar-refractivity contribution is 7.99. The van der Waals surface area contributed by atoms with Crippen LogP contribution in [-0.4, -0.2) is 49.4 Å². The molecule has 0 radical (unpaired) electrons. The number of hydrogen-bond acceptors (Lipinski definition) is 9. The first kappa shape index (κ1) is 20.9. The first-order valence-corrected chi connectivity index (χ1v) is 10.6. The Morgan fingerprint density at radius 1 is 1.28 bits per heavy atom. The zero-order valence-corrected chi connectivity index (χ0v) is 17.9. The number of anilines is 1. The van der Waals surface area contributed by atoms with Crippen LogP contribution < -0.4 is 4.90 Å². The van der Waals surface area contributed by atoms with Crippen molar-refractivity contribution in [1.29, 1.82) is 0 Å². The van der Waals surface area contributed by atoms with Gasteiger partial charge in [0, 0.05) is 7.05 Å². The normalized spacial score (nSPS) is 10.7. The molecule has 0 spiro atoms. The van der Waals surface area contributed by atoms with Crippen LogP contribution in [0.5, 0.6) is 0 Å². The lowest BCUT2D eigenvalue weighted by molar-refractivity contribution is -0.116. The molecular weight excluding hydrogens is 412 g/mol. The monoisotopic (exact) mass is 432 g/mol. The fourth-order valence-corrected chi connectivity index (χ4v) is 4.16. The molecule has 0 atom stereocenters. The van der Waals surface area contributed by atoms with Gasteiger partial charge in [-0.1, -0.05) is 53.4 Å². The number of ether oxygens (including phenoxy) is 1. The zero-order chi connectivity index (χ0) is 20.8. The summed E-state index contributed by atoms with van der Waals surface area (Å²) in [7, 11) is 1.71. The van der Waals surface area contributed by atoms with Gasteiger partial charge in [0.1, 0.15) is 4.88 Å². The van der Waals surface area contributed by atoms with Gasteiger partial charge in [-0.05, 0) is 29.8 Å². The summed E-state index contributed by atoms with van der Waals surface area (Å²) < 4.78 is 6.60. The molecule has 0 N–H and O–H groups in total. The summed E-state index contributed by atoms with van der Waals surface area (Å²) in [6.45, 7) is 4.10. The number of rotatable bonds is 8. The number of amides is 1. The Hall–Kier alpha value is -2.79. The lowest BCUT2D eigenvalue weighted by atomic mass is 10.2. The van der Waals surface area contributed by atoms with Crippen molar-refractivity contribution in [2.24, 2.45) is 7.05 Å². The van der Waals surface area contributed by atoms with Gasteiger partial charge >= 0.3 is 5.97 Å². The maximum Gasteiger partial charge on any atom is 0.350 e. The molecule has 3 rings (SSSR count). The van der Waals surface area contributed by atoms with E-state index in [0.717, 1.165) is 16.9 Å². The van der Waals surface area contributed by atoms with Gasteiger partial charge in [-0.15, -0.1) is 5.10 Å². The molecule has 0 bridgehead atoms. The highest BCUT2D eigenvalue weighted by atomic mass is 32.2. The van der Waals surface area contributed by atoms with E-state index in [1.807, 2.05) is 30.3 Å². The highest BCUT2D eigenvalue weighted by Gasteiger charge is 2.24. The topological polar surface area (TPSA) is 103 Å². The summed E-state index contributed by atoms with van der Waals surface area (Å²) in [6.07, 6.45) is 0. The average molecular weight is 433 g/mol. The van der Waals surface area contributed by atoms with Crippen LogP contribution in [0.1, 0.15) is 27.9 Å². The van der Waals surface area contributed by atoms with Crippen LogP contribution in [0, 0.1) is 6.92 Å². The second-order valence-electron chi connectivity index (χ2n) is 5.97. The Kier molecular flexibility index (Phi) is 6.94. The molecule has 0 aliphatic rings. The first-order chi connectivity index (χ1) is 14.0. The van der Waals surface area contributed by atoms with Gasteiger partial charge in [0.25, 0.3) is 0 Å². The molecule has 0 aliphatic carbocycles. The van der Waals surface area contributed by atoms with Crippen LogP contribution in [0.3, 0.4) is 0 Å². The van der Waals surface area contributed by atoms with E-state index >= 15 is 0 Å².